The number of rotatable bonds is 1. The molecule has 0 saturated heterocycles. The van der Waals surface area contributed by atoms with Gasteiger partial charge in [0.05, 0.1) is 36.1 Å². The summed E-state index contributed by atoms with van der Waals surface area (Å²) in [6, 6.07) is 5.33. The average Bonchev–Trinajstić information content (AvgIpc) is 3.07. The van der Waals surface area contributed by atoms with Crippen molar-refractivity contribution >= 4 is 40.0 Å². The third-order valence-corrected chi connectivity index (χ3v) is 4.22. The summed E-state index contributed by atoms with van der Waals surface area (Å²) in [7, 11) is 1.36. The summed E-state index contributed by atoms with van der Waals surface area (Å²) >= 11 is 6.23. The minimum Gasteiger partial charge on any atom is -0.465 e. The van der Waals surface area contributed by atoms with Gasteiger partial charge in [-0.3, -0.25) is 4.99 Å². The van der Waals surface area contributed by atoms with Gasteiger partial charge in [-0.15, -0.1) is 0 Å². The van der Waals surface area contributed by atoms with E-state index in [0.717, 1.165) is 30.9 Å². The first-order valence-electron chi connectivity index (χ1n) is 6.46. The molecule has 0 N–H and O–H groups in total. The molecule has 102 valence electrons. The highest BCUT2D eigenvalue weighted by atomic mass is 35.5. The zero-order valence-electron chi connectivity index (χ0n) is 10.9. The van der Waals surface area contributed by atoms with E-state index in [0.29, 0.717) is 16.4 Å². The van der Waals surface area contributed by atoms with E-state index < -0.39 is 0 Å². The van der Waals surface area contributed by atoms with E-state index in [2.05, 4.69) is 9.89 Å². The molecule has 3 aliphatic rings. The second kappa shape index (κ2) is 3.82. The van der Waals surface area contributed by atoms with Gasteiger partial charge in [-0.1, -0.05) is 11.6 Å². The molecule has 0 amide bonds. The Morgan fingerprint density at radius 2 is 2.25 bits per heavy atom. The molecule has 4 rings (SSSR count). The van der Waals surface area contributed by atoms with Gasteiger partial charge in [0.25, 0.3) is 0 Å². The third-order valence-electron chi connectivity index (χ3n) is 3.97. The van der Waals surface area contributed by atoms with Crippen LogP contribution in [0.5, 0.6) is 0 Å². The predicted octanol–water partition coefficient (Wildman–Crippen LogP) is 2.51. The minimum absolute atomic E-state index is 0.0492. The van der Waals surface area contributed by atoms with Crippen LogP contribution in [-0.4, -0.2) is 36.2 Å². The number of nitrogens with zero attached hydrogens (tertiary/aromatic N) is 3. The summed E-state index contributed by atoms with van der Waals surface area (Å²) < 4.78 is 4.73. The standard InChI is InChI=1S/C14H12ClN3O2/c1-20-13(19)8-2-3-10-9(6-8)16-11(15)12-17-14(4-5-14)7-18(10)12/h2-3,6H,4-5,7H2,1H3. The summed E-state index contributed by atoms with van der Waals surface area (Å²) in [5.41, 5.74) is 2.16. The van der Waals surface area contributed by atoms with E-state index in [4.69, 9.17) is 21.3 Å². The van der Waals surface area contributed by atoms with Gasteiger partial charge >= 0.3 is 5.97 Å². The molecule has 0 aromatic heterocycles. The van der Waals surface area contributed by atoms with Crippen molar-refractivity contribution < 1.29 is 9.53 Å². The summed E-state index contributed by atoms with van der Waals surface area (Å²) in [5.74, 6) is 0.376. The number of benzene rings is 1. The van der Waals surface area contributed by atoms with Crippen LogP contribution in [0.25, 0.3) is 0 Å². The van der Waals surface area contributed by atoms with E-state index in [1.165, 1.54) is 7.11 Å². The monoisotopic (exact) mass is 289 g/mol. The Morgan fingerprint density at radius 3 is 2.95 bits per heavy atom. The number of fused-ring (bicyclic) bond motifs is 3. The number of halogens is 1. The van der Waals surface area contributed by atoms with Gasteiger partial charge in [-0.05, 0) is 31.0 Å². The van der Waals surface area contributed by atoms with Crippen LogP contribution < -0.4 is 4.90 Å². The Balaban J connectivity index is 1.80. The van der Waals surface area contributed by atoms with Crippen molar-refractivity contribution in [2.45, 2.75) is 18.4 Å². The largest absolute Gasteiger partial charge is 0.465 e. The Morgan fingerprint density at radius 1 is 1.45 bits per heavy atom. The second-order valence-corrected chi connectivity index (χ2v) is 5.70. The van der Waals surface area contributed by atoms with Gasteiger partial charge in [-0.2, -0.15) is 0 Å². The molecule has 0 atom stereocenters. The van der Waals surface area contributed by atoms with Crippen LogP contribution in [0.15, 0.2) is 28.2 Å². The molecule has 0 unspecified atom stereocenters. The molecular weight excluding hydrogens is 278 g/mol. The van der Waals surface area contributed by atoms with E-state index in [1.54, 1.807) is 12.1 Å². The van der Waals surface area contributed by atoms with Crippen molar-refractivity contribution in [3.63, 3.8) is 0 Å². The van der Waals surface area contributed by atoms with Crippen LogP contribution in [0.2, 0.25) is 0 Å². The maximum Gasteiger partial charge on any atom is 0.337 e. The lowest BCUT2D eigenvalue weighted by Gasteiger charge is -2.25. The molecule has 2 heterocycles. The van der Waals surface area contributed by atoms with E-state index in [-0.39, 0.29) is 11.5 Å². The smallest absolute Gasteiger partial charge is 0.337 e. The highest BCUT2D eigenvalue weighted by molar-refractivity contribution is 6.85. The minimum atomic E-state index is -0.376. The van der Waals surface area contributed by atoms with Crippen LogP contribution in [0.3, 0.4) is 0 Å². The fraction of sp³-hybridized carbons (Fsp3) is 0.357. The summed E-state index contributed by atoms with van der Waals surface area (Å²) in [5, 5.41) is 0.392. The fourth-order valence-electron chi connectivity index (χ4n) is 2.70. The summed E-state index contributed by atoms with van der Waals surface area (Å²) in [4.78, 5) is 22.7. The molecule has 0 radical (unpaired) electrons. The lowest BCUT2D eigenvalue weighted by molar-refractivity contribution is 0.0601. The molecule has 6 heteroatoms. The lowest BCUT2D eigenvalue weighted by atomic mass is 10.1. The van der Waals surface area contributed by atoms with Gasteiger partial charge < -0.3 is 9.64 Å². The predicted molar refractivity (Wildman–Crippen MR) is 77.5 cm³/mol. The van der Waals surface area contributed by atoms with Crippen LogP contribution in [0.4, 0.5) is 11.4 Å². The maximum absolute atomic E-state index is 11.6. The fourth-order valence-corrected chi connectivity index (χ4v) is 2.94. The van der Waals surface area contributed by atoms with Gasteiger partial charge in [0.1, 0.15) is 0 Å². The molecule has 0 bridgehead atoms. The number of carbonyl (C=O) groups excluding carboxylic acids is 1. The number of aliphatic imine (C=N–C) groups is 2. The normalized spacial score (nSPS) is 21.0. The van der Waals surface area contributed by atoms with Crippen molar-refractivity contribution in [2.75, 3.05) is 18.6 Å². The van der Waals surface area contributed by atoms with Crippen molar-refractivity contribution in [1.29, 1.82) is 0 Å². The Bertz CT molecular complexity index is 692. The quantitative estimate of drug-likeness (QED) is 0.747. The van der Waals surface area contributed by atoms with E-state index >= 15 is 0 Å². The number of ether oxygens (including phenoxy) is 1. The van der Waals surface area contributed by atoms with Crippen LogP contribution in [0, 0.1) is 0 Å². The molecule has 1 aliphatic carbocycles. The number of esters is 1. The molecule has 1 fully saturated rings. The first-order valence-corrected chi connectivity index (χ1v) is 6.84. The number of amidine groups is 1. The maximum atomic E-state index is 11.6. The van der Waals surface area contributed by atoms with Gasteiger partial charge in [-0.25, -0.2) is 9.79 Å². The molecule has 1 saturated carbocycles. The van der Waals surface area contributed by atoms with Crippen molar-refractivity contribution in [2.24, 2.45) is 9.98 Å². The molecule has 20 heavy (non-hydrogen) atoms. The first kappa shape index (κ1) is 11.9. The summed E-state index contributed by atoms with van der Waals surface area (Å²) in [6.07, 6.45) is 2.21. The SMILES string of the molecule is COC(=O)c1ccc2c(c1)N=C(Cl)C1=NC3(CC3)CN12. The number of hydrogen-bond acceptors (Lipinski definition) is 5. The average molecular weight is 290 g/mol. The first-order chi connectivity index (χ1) is 9.62. The van der Waals surface area contributed by atoms with Crippen LogP contribution in [-0.2, 0) is 4.74 Å². The zero-order chi connectivity index (χ0) is 13.9. The zero-order valence-corrected chi connectivity index (χ0v) is 11.6. The number of anilines is 1. The van der Waals surface area contributed by atoms with Crippen molar-refractivity contribution in [3.8, 4) is 0 Å². The number of carbonyl (C=O) groups is 1. The number of methoxy groups -OCH3 is 1. The van der Waals surface area contributed by atoms with Gasteiger partial charge in [0.2, 0.25) is 0 Å². The Kier molecular flexibility index (Phi) is 2.27. The van der Waals surface area contributed by atoms with Crippen LogP contribution >= 0.6 is 11.6 Å². The number of hydrogen-bond donors (Lipinski definition) is 0. The van der Waals surface area contributed by atoms with E-state index in [1.807, 2.05) is 6.07 Å². The molecule has 5 nitrogen and oxygen atoms in total. The molecule has 1 aromatic carbocycles. The van der Waals surface area contributed by atoms with Gasteiger partial charge in [0.15, 0.2) is 11.0 Å². The molecule has 2 aliphatic heterocycles. The van der Waals surface area contributed by atoms with Crippen molar-refractivity contribution in [1.82, 2.24) is 0 Å². The molecule has 1 spiro atoms. The molecule has 1 aromatic rings. The van der Waals surface area contributed by atoms with Crippen molar-refractivity contribution in [3.05, 3.63) is 23.8 Å². The highest BCUT2D eigenvalue weighted by Crippen LogP contribution is 2.48. The third kappa shape index (κ3) is 1.59. The lowest BCUT2D eigenvalue weighted by Crippen LogP contribution is -2.35. The van der Waals surface area contributed by atoms with Gasteiger partial charge in [0, 0.05) is 0 Å². The topological polar surface area (TPSA) is 54.3 Å². The van der Waals surface area contributed by atoms with E-state index in [9.17, 15) is 4.79 Å². The Labute approximate surface area is 120 Å². The molecular formula is C14H12ClN3O2. The van der Waals surface area contributed by atoms with Crippen LogP contribution in [0.1, 0.15) is 23.2 Å². The second-order valence-electron chi connectivity index (χ2n) is 5.34. The Hall–Kier alpha value is -1.88. The highest BCUT2D eigenvalue weighted by Gasteiger charge is 2.51. The summed E-state index contributed by atoms with van der Waals surface area (Å²) in [6.45, 7) is 0.846.